The molecule has 0 saturated carbocycles. The minimum atomic E-state index is 0.733. The number of halogens is 1. The van der Waals surface area contributed by atoms with Gasteiger partial charge < -0.3 is 5.32 Å². The van der Waals surface area contributed by atoms with E-state index in [1.54, 1.807) is 17.7 Å². The van der Waals surface area contributed by atoms with Crippen LogP contribution in [0.25, 0.3) is 21.3 Å². The van der Waals surface area contributed by atoms with Gasteiger partial charge >= 0.3 is 0 Å². The summed E-state index contributed by atoms with van der Waals surface area (Å²) in [7, 11) is 0. The number of hydrogen-bond donors (Lipinski definition) is 1. The van der Waals surface area contributed by atoms with Gasteiger partial charge in [0.1, 0.15) is 17.0 Å². The molecule has 4 rings (SSSR count). The van der Waals surface area contributed by atoms with Crippen LogP contribution in [0.4, 0.5) is 11.5 Å². The molecule has 0 spiro atoms. The van der Waals surface area contributed by atoms with Crippen molar-refractivity contribution in [2.75, 3.05) is 5.32 Å². The van der Waals surface area contributed by atoms with Gasteiger partial charge in [0.05, 0.1) is 5.39 Å². The Morgan fingerprint density at radius 2 is 1.73 bits per heavy atom. The number of thiophene rings is 1. The third kappa shape index (κ3) is 3.18. The Morgan fingerprint density at radius 3 is 2.42 bits per heavy atom. The highest BCUT2D eigenvalue weighted by Gasteiger charge is 2.16. The molecule has 2 aromatic heterocycles. The predicted octanol–water partition coefficient (Wildman–Crippen LogP) is 6.63. The highest BCUT2D eigenvalue weighted by molar-refractivity contribution is 7.19. The zero-order valence-corrected chi connectivity index (χ0v) is 16.2. The Morgan fingerprint density at radius 1 is 1.00 bits per heavy atom. The van der Waals surface area contributed by atoms with Crippen LogP contribution < -0.4 is 5.32 Å². The second kappa shape index (κ2) is 7.06. The Labute approximate surface area is 161 Å². The molecule has 0 aliphatic heterocycles. The lowest BCUT2D eigenvalue weighted by Gasteiger charge is -2.09. The van der Waals surface area contributed by atoms with Gasteiger partial charge in [0.2, 0.25) is 0 Å². The maximum atomic E-state index is 6.06. The molecule has 0 unspecified atom stereocenters. The second-order valence-electron chi connectivity index (χ2n) is 6.12. The monoisotopic (exact) mass is 379 g/mol. The van der Waals surface area contributed by atoms with Crippen LogP contribution in [0.15, 0.2) is 54.9 Å². The number of benzene rings is 2. The smallest absolute Gasteiger partial charge is 0.143 e. The maximum Gasteiger partial charge on any atom is 0.143 e. The molecule has 26 heavy (non-hydrogen) atoms. The third-order valence-corrected chi connectivity index (χ3v) is 5.69. The van der Waals surface area contributed by atoms with Crippen molar-refractivity contribution in [2.24, 2.45) is 0 Å². The van der Waals surface area contributed by atoms with Gasteiger partial charge in [-0.25, -0.2) is 9.97 Å². The van der Waals surface area contributed by atoms with Gasteiger partial charge in [-0.2, -0.15) is 0 Å². The largest absolute Gasteiger partial charge is 0.340 e. The molecule has 130 valence electrons. The zero-order valence-electron chi connectivity index (χ0n) is 14.6. The summed E-state index contributed by atoms with van der Waals surface area (Å²) < 4.78 is 0. The summed E-state index contributed by atoms with van der Waals surface area (Å²) in [4.78, 5) is 11.2. The minimum Gasteiger partial charge on any atom is -0.340 e. The van der Waals surface area contributed by atoms with Crippen molar-refractivity contribution >= 4 is 44.7 Å². The SMILES string of the molecule is CCc1ccc(Nc2ncnc3sc(C)c(-c4ccc(Cl)cc4)c23)cc1. The van der Waals surface area contributed by atoms with Crippen molar-refractivity contribution in [3.8, 4) is 11.1 Å². The predicted molar refractivity (Wildman–Crippen MR) is 112 cm³/mol. The van der Waals surface area contributed by atoms with E-state index in [-0.39, 0.29) is 0 Å². The van der Waals surface area contributed by atoms with Crippen LogP contribution in [-0.2, 0) is 6.42 Å². The highest BCUT2D eigenvalue weighted by Crippen LogP contribution is 2.41. The average Bonchev–Trinajstić information content (AvgIpc) is 3.00. The molecule has 5 heteroatoms. The lowest BCUT2D eigenvalue weighted by atomic mass is 10.0. The van der Waals surface area contributed by atoms with Crippen molar-refractivity contribution in [3.63, 3.8) is 0 Å². The summed E-state index contributed by atoms with van der Waals surface area (Å²) >= 11 is 7.74. The molecule has 1 N–H and O–H groups in total. The molecular weight excluding hydrogens is 362 g/mol. The lowest BCUT2D eigenvalue weighted by molar-refractivity contribution is 1.14. The van der Waals surface area contributed by atoms with E-state index in [1.165, 1.54) is 10.4 Å². The molecule has 3 nitrogen and oxygen atoms in total. The fraction of sp³-hybridized carbons (Fsp3) is 0.143. The normalized spacial score (nSPS) is 11.0. The Bertz CT molecular complexity index is 1050. The first kappa shape index (κ1) is 17.0. The van der Waals surface area contributed by atoms with Crippen LogP contribution in [0, 0.1) is 6.92 Å². The maximum absolute atomic E-state index is 6.06. The molecule has 0 saturated heterocycles. The minimum absolute atomic E-state index is 0.733. The van der Waals surface area contributed by atoms with Gasteiger partial charge in [-0.05, 0) is 48.7 Å². The molecule has 2 aromatic carbocycles. The van der Waals surface area contributed by atoms with E-state index < -0.39 is 0 Å². The number of rotatable bonds is 4. The van der Waals surface area contributed by atoms with Crippen LogP contribution >= 0.6 is 22.9 Å². The first-order valence-corrected chi connectivity index (χ1v) is 9.71. The van der Waals surface area contributed by atoms with Crippen LogP contribution in [0.5, 0.6) is 0 Å². The number of aryl methyl sites for hydroxylation is 2. The molecular formula is C21H18ClN3S. The molecule has 0 fully saturated rings. The van der Waals surface area contributed by atoms with Gasteiger partial charge in [0, 0.05) is 21.2 Å². The first-order valence-electron chi connectivity index (χ1n) is 8.51. The van der Waals surface area contributed by atoms with Crippen LogP contribution in [0.2, 0.25) is 5.02 Å². The van der Waals surface area contributed by atoms with Crippen LogP contribution in [0.1, 0.15) is 17.4 Å². The Balaban J connectivity index is 1.83. The van der Waals surface area contributed by atoms with Crippen molar-refractivity contribution in [1.82, 2.24) is 9.97 Å². The fourth-order valence-electron chi connectivity index (χ4n) is 3.06. The summed E-state index contributed by atoms with van der Waals surface area (Å²) in [5.41, 5.74) is 4.62. The van der Waals surface area contributed by atoms with E-state index in [9.17, 15) is 0 Å². The van der Waals surface area contributed by atoms with Gasteiger partial charge in [0.25, 0.3) is 0 Å². The standard InChI is InChI=1S/C21H18ClN3S/c1-3-14-4-10-17(11-5-14)25-20-19-18(15-6-8-16(22)9-7-15)13(2)26-21(19)24-12-23-20/h4-12H,3H2,1-2H3,(H,23,24,25). The topological polar surface area (TPSA) is 37.8 Å². The van der Waals surface area contributed by atoms with Crippen molar-refractivity contribution in [2.45, 2.75) is 20.3 Å². The molecule has 0 bridgehead atoms. The van der Waals surface area contributed by atoms with Gasteiger partial charge in [-0.15, -0.1) is 11.3 Å². The van der Waals surface area contributed by atoms with E-state index in [1.807, 2.05) is 24.3 Å². The second-order valence-corrected chi connectivity index (χ2v) is 7.76. The first-order chi connectivity index (χ1) is 12.7. The van der Waals surface area contributed by atoms with E-state index in [0.29, 0.717) is 0 Å². The molecule has 4 aromatic rings. The lowest BCUT2D eigenvalue weighted by Crippen LogP contribution is -1.96. The van der Waals surface area contributed by atoms with Crippen molar-refractivity contribution in [3.05, 3.63) is 70.3 Å². The summed E-state index contributed by atoms with van der Waals surface area (Å²) in [6.45, 7) is 4.28. The summed E-state index contributed by atoms with van der Waals surface area (Å²) in [5, 5.41) is 5.25. The molecule has 2 heterocycles. The van der Waals surface area contributed by atoms with Gasteiger partial charge in [-0.1, -0.05) is 42.8 Å². The number of hydrogen-bond acceptors (Lipinski definition) is 4. The van der Waals surface area contributed by atoms with Crippen LogP contribution in [-0.4, -0.2) is 9.97 Å². The number of nitrogens with one attached hydrogen (secondary N) is 1. The van der Waals surface area contributed by atoms with E-state index in [0.717, 1.165) is 44.3 Å². The Kier molecular flexibility index (Phi) is 4.62. The summed E-state index contributed by atoms with van der Waals surface area (Å²) in [5.74, 6) is 0.827. The summed E-state index contributed by atoms with van der Waals surface area (Å²) in [6.07, 6.45) is 2.65. The average molecular weight is 380 g/mol. The zero-order chi connectivity index (χ0) is 18.1. The summed E-state index contributed by atoms with van der Waals surface area (Å²) in [6, 6.07) is 16.4. The number of nitrogens with zero attached hydrogens (tertiary/aromatic N) is 2. The number of aromatic nitrogens is 2. The molecule has 0 amide bonds. The van der Waals surface area contributed by atoms with E-state index in [2.05, 4.69) is 53.4 Å². The van der Waals surface area contributed by atoms with E-state index in [4.69, 9.17) is 11.6 Å². The van der Waals surface area contributed by atoms with Gasteiger partial charge in [-0.3, -0.25) is 0 Å². The van der Waals surface area contributed by atoms with Crippen molar-refractivity contribution in [1.29, 1.82) is 0 Å². The van der Waals surface area contributed by atoms with Crippen molar-refractivity contribution < 1.29 is 0 Å². The molecule has 0 atom stereocenters. The molecule has 0 aliphatic rings. The highest BCUT2D eigenvalue weighted by atomic mass is 35.5. The van der Waals surface area contributed by atoms with Gasteiger partial charge in [0.15, 0.2) is 0 Å². The molecule has 0 aliphatic carbocycles. The number of fused-ring (bicyclic) bond motifs is 1. The van der Waals surface area contributed by atoms with Crippen LogP contribution in [0.3, 0.4) is 0 Å². The molecule has 0 radical (unpaired) electrons. The Hall–Kier alpha value is -2.43. The third-order valence-electron chi connectivity index (χ3n) is 4.42. The number of anilines is 2. The quantitative estimate of drug-likeness (QED) is 0.432. The van der Waals surface area contributed by atoms with E-state index >= 15 is 0 Å². The fourth-order valence-corrected chi connectivity index (χ4v) is 4.20.